The Morgan fingerprint density at radius 2 is 2.04 bits per heavy atom. The van der Waals surface area contributed by atoms with Gasteiger partial charge in [-0.25, -0.2) is 0 Å². The zero-order valence-corrected chi connectivity index (χ0v) is 15.4. The van der Waals surface area contributed by atoms with E-state index in [2.05, 4.69) is 58.5 Å². The fourth-order valence-corrected chi connectivity index (χ4v) is 3.33. The molecule has 0 bridgehead atoms. The molecule has 1 unspecified atom stereocenters. The van der Waals surface area contributed by atoms with Crippen molar-refractivity contribution in [2.24, 2.45) is 10.7 Å². The van der Waals surface area contributed by atoms with Crippen LogP contribution in [0.15, 0.2) is 53.5 Å². The van der Waals surface area contributed by atoms with Crippen molar-refractivity contribution in [3.8, 4) is 0 Å². The Balaban J connectivity index is 1.48. The number of hydrogen-bond donors (Lipinski definition) is 3. The summed E-state index contributed by atoms with van der Waals surface area (Å²) in [6.07, 6.45) is 1.48. The summed E-state index contributed by atoms with van der Waals surface area (Å²) in [5.41, 5.74) is 10.9. The zero-order valence-electron chi connectivity index (χ0n) is 15.4. The summed E-state index contributed by atoms with van der Waals surface area (Å²) in [4.78, 5) is 6.57. The summed E-state index contributed by atoms with van der Waals surface area (Å²) in [7, 11) is 0. The molecule has 1 aliphatic rings. The Bertz CT molecular complexity index is 759. The van der Waals surface area contributed by atoms with Gasteiger partial charge in [0.1, 0.15) is 0 Å². The Kier molecular flexibility index (Phi) is 6.26. The van der Waals surface area contributed by atoms with Crippen LogP contribution in [0.25, 0.3) is 0 Å². The van der Waals surface area contributed by atoms with Crippen molar-refractivity contribution in [2.75, 3.05) is 25.0 Å². The van der Waals surface area contributed by atoms with Gasteiger partial charge in [-0.3, -0.25) is 9.89 Å². The Hall–Kier alpha value is -2.37. The van der Waals surface area contributed by atoms with E-state index in [1.165, 1.54) is 16.7 Å². The van der Waals surface area contributed by atoms with E-state index >= 15 is 0 Å². The summed E-state index contributed by atoms with van der Waals surface area (Å²) >= 11 is 0. The number of guanidine groups is 1. The number of nitrogens with zero attached hydrogens (tertiary/aromatic N) is 2. The topological polar surface area (TPSA) is 73.9 Å². The van der Waals surface area contributed by atoms with Crippen LogP contribution >= 0.6 is 0 Å². The number of rotatable bonds is 6. The molecule has 1 aliphatic heterocycles. The van der Waals surface area contributed by atoms with Gasteiger partial charge in [-0.05, 0) is 41.7 Å². The quantitative estimate of drug-likeness (QED) is 0.551. The molecular formula is C21H28N4O. The number of nitrogens with one attached hydrogen (secondary N) is 1. The molecule has 0 aromatic heterocycles. The third-order valence-electron chi connectivity index (χ3n) is 4.76. The number of aliphatic hydroxyl groups excluding tert-OH is 1. The van der Waals surface area contributed by atoms with Crippen LogP contribution in [-0.4, -0.2) is 41.7 Å². The maximum Gasteiger partial charge on any atom is 0.193 e. The minimum Gasteiger partial charge on any atom is -0.390 e. The van der Waals surface area contributed by atoms with E-state index in [1.54, 1.807) is 0 Å². The van der Waals surface area contributed by atoms with E-state index in [0.717, 1.165) is 31.6 Å². The SMILES string of the molecule is CCc1cccc(NC(N)=NCC(O)CN2CCc3ccccc3C2)c1. The van der Waals surface area contributed by atoms with Crippen LogP contribution in [0.4, 0.5) is 5.69 Å². The number of fused-ring (bicyclic) bond motifs is 1. The van der Waals surface area contributed by atoms with Crippen molar-refractivity contribution in [1.29, 1.82) is 0 Å². The predicted octanol–water partition coefficient (Wildman–Crippen LogP) is 2.39. The monoisotopic (exact) mass is 352 g/mol. The van der Waals surface area contributed by atoms with Gasteiger partial charge in [0.05, 0.1) is 12.6 Å². The highest BCUT2D eigenvalue weighted by molar-refractivity contribution is 5.92. The molecule has 5 nitrogen and oxygen atoms in total. The van der Waals surface area contributed by atoms with Crippen molar-refractivity contribution in [3.63, 3.8) is 0 Å². The highest BCUT2D eigenvalue weighted by Gasteiger charge is 2.18. The van der Waals surface area contributed by atoms with Crippen molar-refractivity contribution in [2.45, 2.75) is 32.4 Å². The maximum absolute atomic E-state index is 10.3. The first kappa shape index (κ1) is 18.4. The van der Waals surface area contributed by atoms with Crippen LogP contribution < -0.4 is 11.1 Å². The molecule has 2 aromatic rings. The van der Waals surface area contributed by atoms with Gasteiger partial charge in [-0.1, -0.05) is 43.3 Å². The van der Waals surface area contributed by atoms with Crippen LogP contribution in [0, 0.1) is 0 Å². The highest BCUT2D eigenvalue weighted by atomic mass is 16.3. The van der Waals surface area contributed by atoms with Crippen LogP contribution in [0.3, 0.4) is 0 Å². The van der Waals surface area contributed by atoms with E-state index in [9.17, 15) is 5.11 Å². The zero-order chi connectivity index (χ0) is 18.4. The van der Waals surface area contributed by atoms with Crippen molar-refractivity contribution in [3.05, 3.63) is 65.2 Å². The molecule has 2 aromatic carbocycles. The molecule has 0 aliphatic carbocycles. The Morgan fingerprint density at radius 1 is 1.23 bits per heavy atom. The molecule has 0 radical (unpaired) electrons. The fourth-order valence-electron chi connectivity index (χ4n) is 3.33. The van der Waals surface area contributed by atoms with Crippen molar-refractivity contribution in [1.82, 2.24) is 4.90 Å². The van der Waals surface area contributed by atoms with Crippen molar-refractivity contribution >= 4 is 11.6 Å². The van der Waals surface area contributed by atoms with E-state index in [0.29, 0.717) is 19.0 Å². The van der Waals surface area contributed by atoms with Gasteiger partial charge in [0.25, 0.3) is 0 Å². The molecule has 0 spiro atoms. The van der Waals surface area contributed by atoms with Gasteiger partial charge in [-0.15, -0.1) is 0 Å². The summed E-state index contributed by atoms with van der Waals surface area (Å²) < 4.78 is 0. The van der Waals surface area contributed by atoms with Gasteiger partial charge in [0.15, 0.2) is 5.96 Å². The normalized spacial score (nSPS) is 16.2. The molecule has 0 saturated heterocycles. The number of aliphatic hydroxyl groups is 1. The molecule has 1 atom stereocenters. The summed E-state index contributed by atoms with van der Waals surface area (Å²) in [5, 5.41) is 13.4. The first-order chi connectivity index (χ1) is 12.6. The molecular weight excluding hydrogens is 324 g/mol. The number of aryl methyl sites for hydroxylation is 1. The average Bonchev–Trinajstić information content (AvgIpc) is 2.66. The van der Waals surface area contributed by atoms with Crippen LogP contribution in [0.2, 0.25) is 0 Å². The lowest BCUT2D eigenvalue weighted by atomic mass is 10.00. The van der Waals surface area contributed by atoms with E-state index in [-0.39, 0.29) is 0 Å². The minimum absolute atomic E-state index is 0.296. The molecule has 0 amide bonds. The predicted molar refractivity (Wildman–Crippen MR) is 107 cm³/mol. The fraction of sp³-hybridized carbons (Fsp3) is 0.381. The van der Waals surface area contributed by atoms with Gasteiger partial charge < -0.3 is 16.2 Å². The summed E-state index contributed by atoms with van der Waals surface area (Å²) in [6.45, 7) is 4.87. The molecule has 0 fully saturated rings. The number of aliphatic imine (C=N–C) groups is 1. The molecule has 1 heterocycles. The van der Waals surface area contributed by atoms with Crippen LogP contribution in [0.1, 0.15) is 23.6 Å². The smallest absolute Gasteiger partial charge is 0.193 e. The van der Waals surface area contributed by atoms with Gasteiger partial charge in [-0.2, -0.15) is 0 Å². The second-order valence-corrected chi connectivity index (χ2v) is 6.81. The maximum atomic E-state index is 10.3. The number of nitrogens with two attached hydrogens (primary N) is 1. The molecule has 0 saturated carbocycles. The highest BCUT2D eigenvalue weighted by Crippen LogP contribution is 2.18. The Morgan fingerprint density at radius 3 is 2.85 bits per heavy atom. The number of benzene rings is 2. The molecule has 138 valence electrons. The first-order valence-corrected chi connectivity index (χ1v) is 9.27. The minimum atomic E-state index is -0.525. The number of hydrogen-bond acceptors (Lipinski definition) is 3. The average molecular weight is 352 g/mol. The number of anilines is 1. The molecule has 26 heavy (non-hydrogen) atoms. The van der Waals surface area contributed by atoms with Crippen LogP contribution in [0.5, 0.6) is 0 Å². The second-order valence-electron chi connectivity index (χ2n) is 6.81. The van der Waals surface area contributed by atoms with Crippen molar-refractivity contribution < 1.29 is 5.11 Å². The molecule has 4 N–H and O–H groups in total. The summed E-state index contributed by atoms with van der Waals surface area (Å²) in [5.74, 6) is 0.335. The standard InChI is InChI=1S/C21H28N4O/c1-2-16-6-5-9-19(12-16)24-21(22)23-13-20(26)15-25-11-10-17-7-3-4-8-18(17)14-25/h3-9,12,20,26H,2,10-11,13-15H2,1H3,(H3,22,23,24). The lowest BCUT2D eigenvalue weighted by Gasteiger charge is -2.30. The largest absolute Gasteiger partial charge is 0.390 e. The lowest BCUT2D eigenvalue weighted by Crippen LogP contribution is -2.38. The van der Waals surface area contributed by atoms with Crippen LogP contribution in [-0.2, 0) is 19.4 Å². The van der Waals surface area contributed by atoms with E-state index in [4.69, 9.17) is 5.73 Å². The van der Waals surface area contributed by atoms with E-state index < -0.39 is 6.10 Å². The molecule has 5 heteroatoms. The molecule has 3 rings (SSSR count). The Labute approximate surface area is 155 Å². The van der Waals surface area contributed by atoms with Gasteiger partial charge in [0.2, 0.25) is 0 Å². The third-order valence-corrected chi connectivity index (χ3v) is 4.76. The van der Waals surface area contributed by atoms with E-state index in [1.807, 2.05) is 12.1 Å². The second kappa shape index (κ2) is 8.83. The van der Waals surface area contributed by atoms with Gasteiger partial charge >= 0.3 is 0 Å². The lowest BCUT2D eigenvalue weighted by molar-refractivity contribution is 0.112. The number of β-amino-alcohol motifs (C(OH)–C–C–N with tert-alkyl or cyclic N) is 1. The first-order valence-electron chi connectivity index (χ1n) is 9.27. The summed E-state index contributed by atoms with van der Waals surface area (Å²) in [6, 6.07) is 16.6. The third kappa shape index (κ3) is 5.07. The van der Waals surface area contributed by atoms with Gasteiger partial charge in [0, 0.05) is 25.3 Å².